The van der Waals surface area contributed by atoms with E-state index in [4.69, 9.17) is 0 Å². The Morgan fingerprint density at radius 1 is 1.17 bits per heavy atom. The van der Waals surface area contributed by atoms with E-state index in [-0.39, 0.29) is 5.91 Å². The van der Waals surface area contributed by atoms with E-state index in [0.717, 1.165) is 19.6 Å². The SMILES string of the molecule is CSc1ccc(CN2C[C@H]3CC[C@@H]2CN(CC(=O)N(C)C)C3)cc1. The van der Waals surface area contributed by atoms with Crippen LogP contribution in [-0.2, 0) is 11.3 Å². The summed E-state index contributed by atoms with van der Waals surface area (Å²) in [6, 6.07) is 9.55. The van der Waals surface area contributed by atoms with Crippen LogP contribution in [0.1, 0.15) is 18.4 Å². The van der Waals surface area contributed by atoms with Crippen LogP contribution in [0, 0.1) is 5.92 Å². The van der Waals surface area contributed by atoms with Gasteiger partial charge in [-0.2, -0.15) is 0 Å². The van der Waals surface area contributed by atoms with Crippen LogP contribution < -0.4 is 0 Å². The van der Waals surface area contributed by atoms with Gasteiger partial charge in [0.05, 0.1) is 6.54 Å². The zero-order valence-electron chi connectivity index (χ0n) is 15.1. The second-order valence-corrected chi connectivity index (χ2v) is 8.24. The lowest BCUT2D eigenvalue weighted by molar-refractivity contribution is -0.130. The summed E-state index contributed by atoms with van der Waals surface area (Å²) in [5.41, 5.74) is 1.40. The molecule has 1 aromatic rings. The second kappa shape index (κ2) is 7.89. The van der Waals surface area contributed by atoms with Gasteiger partial charge in [-0.15, -0.1) is 11.8 Å². The van der Waals surface area contributed by atoms with Gasteiger partial charge in [-0.25, -0.2) is 0 Å². The molecule has 0 unspecified atom stereocenters. The van der Waals surface area contributed by atoms with E-state index in [9.17, 15) is 4.79 Å². The molecule has 4 rings (SSSR count). The highest BCUT2D eigenvalue weighted by molar-refractivity contribution is 7.98. The summed E-state index contributed by atoms with van der Waals surface area (Å²) in [5.74, 6) is 0.916. The summed E-state index contributed by atoms with van der Waals surface area (Å²) < 4.78 is 0. The Balaban J connectivity index is 1.63. The molecule has 2 atom stereocenters. The molecular weight excluding hydrogens is 318 g/mol. The highest BCUT2D eigenvalue weighted by Gasteiger charge is 2.35. The molecule has 1 aromatic carbocycles. The fraction of sp³-hybridized carbons (Fsp3) is 0.632. The van der Waals surface area contributed by atoms with Gasteiger partial charge in [0.2, 0.25) is 5.91 Å². The van der Waals surface area contributed by atoms with Crippen LogP contribution in [0.15, 0.2) is 29.2 Å². The van der Waals surface area contributed by atoms with Gasteiger partial charge in [-0.05, 0) is 42.7 Å². The zero-order chi connectivity index (χ0) is 17.1. The molecule has 0 N–H and O–H groups in total. The van der Waals surface area contributed by atoms with E-state index in [1.54, 1.807) is 16.7 Å². The smallest absolute Gasteiger partial charge is 0.236 e. The molecule has 3 saturated heterocycles. The van der Waals surface area contributed by atoms with E-state index in [1.165, 1.54) is 29.8 Å². The lowest BCUT2D eigenvalue weighted by atomic mass is 9.94. The largest absolute Gasteiger partial charge is 0.348 e. The molecule has 2 bridgehead atoms. The molecule has 3 aliphatic rings. The molecular formula is C19H29N3OS. The van der Waals surface area contributed by atoms with Crippen LogP contribution in [0.5, 0.6) is 0 Å². The maximum absolute atomic E-state index is 12.1. The Morgan fingerprint density at radius 2 is 1.92 bits per heavy atom. The number of benzene rings is 1. The number of nitrogens with zero attached hydrogens (tertiary/aromatic N) is 3. The Morgan fingerprint density at radius 3 is 2.58 bits per heavy atom. The number of piperidine rings is 1. The molecule has 4 nitrogen and oxygen atoms in total. The highest BCUT2D eigenvalue weighted by atomic mass is 32.2. The molecule has 1 amide bonds. The van der Waals surface area contributed by atoms with Crippen LogP contribution in [0.4, 0.5) is 0 Å². The monoisotopic (exact) mass is 347 g/mol. The van der Waals surface area contributed by atoms with E-state index >= 15 is 0 Å². The van der Waals surface area contributed by atoms with Crippen molar-refractivity contribution in [2.45, 2.75) is 30.3 Å². The van der Waals surface area contributed by atoms with Gasteiger partial charge in [-0.3, -0.25) is 14.6 Å². The van der Waals surface area contributed by atoms with E-state index < -0.39 is 0 Å². The quantitative estimate of drug-likeness (QED) is 0.764. The molecule has 0 spiro atoms. The number of thioether (sulfide) groups is 1. The number of fused-ring (bicyclic) bond motifs is 4. The van der Waals surface area contributed by atoms with E-state index in [0.29, 0.717) is 18.5 Å². The Bertz CT molecular complexity index is 560. The van der Waals surface area contributed by atoms with Crippen LogP contribution in [0.3, 0.4) is 0 Å². The van der Waals surface area contributed by atoms with Gasteiger partial charge < -0.3 is 4.90 Å². The number of amides is 1. The number of likely N-dealkylation sites (N-methyl/N-ethyl adjacent to an activating group) is 1. The fourth-order valence-electron chi connectivity index (χ4n) is 3.90. The predicted octanol–water partition coefficient (Wildman–Crippen LogP) is 2.39. The lowest BCUT2D eigenvalue weighted by Crippen LogP contribution is -2.44. The first kappa shape index (κ1) is 17.8. The predicted molar refractivity (Wildman–Crippen MR) is 100 cm³/mol. The normalized spacial score (nSPS) is 24.8. The van der Waals surface area contributed by atoms with Crippen molar-refractivity contribution < 1.29 is 4.79 Å². The molecule has 132 valence electrons. The molecule has 3 aliphatic heterocycles. The van der Waals surface area contributed by atoms with Crippen molar-refractivity contribution in [2.24, 2.45) is 5.92 Å². The van der Waals surface area contributed by atoms with Crippen molar-refractivity contribution in [3.63, 3.8) is 0 Å². The fourth-order valence-corrected chi connectivity index (χ4v) is 4.31. The summed E-state index contributed by atoms with van der Waals surface area (Å²) in [7, 11) is 3.69. The Kier molecular flexibility index (Phi) is 5.85. The third kappa shape index (κ3) is 4.32. The first-order valence-electron chi connectivity index (χ1n) is 8.84. The van der Waals surface area contributed by atoms with Gasteiger partial charge in [-0.1, -0.05) is 12.1 Å². The molecule has 0 saturated carbocycles. The molecule has 3 fully saturated rings. The Hall–Kier alpha value is -1.04. The van der Waals surface area contributed by atoms with Gasteiger partial charge in [0.15, 0.2) is 0 Å². The maximum atomic E-state index is 12.1. The van der Waals surface area contributed by atoms with E-state index in [1.807, 2.05) is 14.1 Å². The van der Waals surface area contributed by atoms with Crippen LogP contribution in [0.2, 0.25) is 0 Å². The average Bonchev–Trinajstić information content (AvgIpc) is 2.86. The van der Waals surface area contributed by atoms with Crippen molar-refractivity contribution >= 4 is 17.7 Å². The summed E-state index contributed by atoms with van der Waals surface area (Å²) in [6.07, 6.45) is 4.69. The Labute approximate surface area is 150 Å². The minimum atomic E-state index is 0.218. The average molecular weight is 348 g/mol. The minimum Gasteiger partial charge on any atom is -0.348 e. The number of hydrogen-bond donors (Lipinski definition) is 0. The molecule has 0 aliphatic carbocycles. The highest BCUT2D eigenvalue weighted by Crippen LogP contribution is 2.29. The van der Waals surface area contributed by atoms with Gasteiger partial charge in [0, 0.05) is 51.2 Å². The lowest BCUT2D eigenvalue weighted by Gasteiger charge is -2.36. The number of rotatable bonds is 5. The number of carbonyl (C=O) groups is 1. The van der Waals surface area contributed by atoms with Gasteiger partial charge in [0.25, 0.3) is 0 Å². The standard InChI is InChI=1S/C19H29N3OS/c1-20(2)19(23)14-21-10-16-4-7-17(13-21)22(12-16)11-15-5-8-18(24-3)9-6-15/h5-6,8-9,16-17H,4,7,10-14H2,1-3H3/t16-,17+/m0/s1. The topological polar surface area (TPSA) is 26.8 Å². The summed E-state index contributed by atoms with van der Waals surface area (Å²) in [6.45, 7) is 4.86. The van der Waals surface area contributed by atoms with Crippen molar-refractivity contribution in [1.82, 2.24) is 14.7 Å². The summed E-state index contributed by atoms with van der Waals surface area (Å²) in [5, 5.41) is 0. The third-order valence-electron chi connectivity index (χ3n) is 5.30. The number of carbonyl (C=O) groups excluding carboxylic acids is 1. The van der Waals surface area contributed by atoms with Crippen molar-refractivity contribution in [3.05, 3.63) is 29.8 Å². The van der Waals surface area contributed by atoms with Crippen LogP contribution in [0.25, 0.3) is 0 Å². The zero-order valence-corrected chi connectivity index (χ0v) is 15.9. The van der Waals surface area contributed by atoms with Crippen LogP contribution in [-0.4, -0.2) is 73.2 Å². The van der Waals surface area contributed by atoms with Gasteiger partial charge in [0.1, 0.15) is 0 Å². The second-order valence-electron chi connectivity index (χ2n) is 7.36. The van der Waals surface area contributed by atoms with Crippen molar-refractivity contribution in [2.75, 3.05) is 46.5 Å². The molecule has 24 heavy (non-hydrogen) atoms. The molecule has 5 heteroatoms. The molecule has 3 heterocycles. The first-order chi connectivity index (χ1) is 11.5. The number of hydrogen-bond acceptors (Lipinski definition) is 4. The van der Waals surface area contributed by atoms with E-state index in [2.05, 4.69) is 40.3 Å². The molecule has 0 aromatic heterocycles. The third-order valence-corrected chi connectivity index (χ3v) is 6.05. The summed E-state index contributed by atoms with van der Waals surface area (Å²) >= 11 is 1.79. The maximum Gasteiger partial charge on any atom is 0.236 e. The van der Waals surface area contributed by atoms with Crippen molar-refractivity contribution in [1.29, 1.82) is 0 Å². The van der Waals surface area contributed by atoms with Crippen LogP contribution >= 0.6 is 11.8 Å². The van der Waals surface area contributed by atoms with Crippen molar-refractivity contribution in [3.8, 4) is 0 Å². The van der Waals surface area contributed by atoms with Gasteiger partial charge >= 0.3 is 0 Å². The molecule has 0 radical (unpaired) electrons. The minimum absolute atomic E-state index is 0.218. The summed E-state index contributed by atoms with van der Waals surface area (Å²) in [4.78, 5) is 20.1. The first-order valence-corrected chi connectivity index (χ1v) is 10.1.